The maximum atomic E-state index is 9.33. The van der Waals surface area contributed by atoms with Gasteiger partial charge in [-0.05, 0) is 71.9 Å². The number of hydrogen-bond acceptors (Lipinski definition) is 3. The first-order valence-electron chi connectivity index (χ1n) is 9.78. The van der Waals surface area contributed by atoms with Crippen molar-refractivity contribution in [2.75, 3.05) is 39.8 Å². The van der Waals surface area contributed by atoms with E-state index in [2.05, 4.69) is 57.2 Å². The second-order valence-electron chi connectivity index (χ2n) is 7.08. The van der Waals surface area contributed by atoms with Gasteiger partial charge in [-0.15, -0.1) is 0 Å². The largest absolute Gasteiger partial charge is 0.396 e. The van der Waals surface area contributed by atoms with Gasteiger partial charge < -0.3 is 20.6 Å². The predicted molar refractivity (Wildman–Crippen MR) is 106 cm³/mol. The second-order valence-corrected chi connectivity index (χ2v) is 7.08. The number of nitrogens with one attached hydrogen (secondary N) is 2. The zero-order valence-electron chi connectivity index (χ0n) is 17.0. The fourth-order valence-electron chi connectivity index (χ4n) is 2.68. The van der Waals surface area contributed by atoms with E-state index in [1.165, 1.54) is 6.42 Å². The Morgan fingerprint density at radius 1 is 1.12 bits per heavy atom. The lowest BCUT2D eigenvalue weighted by Gasteiger charge is -2.29. The number of unbranched alkanes of at least 4 members (excludes halogenated alkanes) is 1. The molecule has 0 fully saturated rings. The molecule has 5 heteroatoms. The van der Waals surface area contributed by atoms with Crippen LogP contribution in [0.5, 0.6) is 0 Å². The number of guanidine groups is 1. The molecule has 0 unspecified atom stereocenters. The monoisotopic (exact) mass is 342 g/mol. The van der Waals surface area contributed by atoms with Crippen LogP contribution in [0.4, 0.5) is 0 Å². The lowest BCUT2D eigenvalue weighted by atomic mass is 9.79. The molecule has 24 heavy (non-hydrogen) atoms. The molecule has 0 rings (SSSR count). The summed E-state index contributed by atoms with van der Waals surface area (Å²) in [7, 11) is 2.18. The Morgan fingerprint density at radius 2 is 1.79 bits per heavy atom. The molecule has 0 aliphatic carbocycles. The first-order valence-corrected chi connectivity index (χ1v) is 9.78. The van der Waals surface area contributed by atoms with E-state index in [9.17, 15) is 5.11 Å². The average molecular weight is 343 g/mol. The zero-order chi connectivity index (χ0) is 18.4. The lowest BCUT2D eigenvalue weighted by Crippen LogP contribution is -2.39. The molecular formula is C19H42N4O. The van der Waals surface area contributed by atoms with Crippen molar-refractivity contribution < 1.29 is 5.11 Å². The molecule has 144 valence electrons. The van der Waals surface area contributed by atoms with Crippen LogP contribution in [0, 0.1) is 5.41 Å². The molecule has 0 radical (unpaired) electrons. The summed E-state index contributed by atoms with van der Waals surface area (Å²) in [4.78, 5) is 7.16. The summed E-state index contributed by atoms with van der Waals surface area (Å²) in [6.45, 7) is 14.9. The Labute approximate surface area is 150 Å². The normalized spacial score (nSPS) is 13.0. The zero-order valence-corrected chi connectivity index (χ0v) is 17.0. The summed E-state index contributed by atoms with van der Waals surface area (Å²) < 4.78 is 0. The number of rotatable bonds is 13. The van der Waals surface area contributed by atoms with Crippen molar-refractivity contribution in [3.05, 3.63) is 0 Å². The number of aliphatic imine (C=N–C) groups is 1. The van der Waals surface area contributed by atoms with E-state index in [0.29, 0.717) is 6.04 Å². The van der Waals surface area contributed by atoms with Gasteiger partial charge in [0, 0.05) is 32.3 Å². The van der Waals surface area contributed by atoms with E-state index in [1.807, 2.05) is 0 Å². The minimum atomic E-state index is 0.122. The molecule has 0 aliphatic heterocycles. The van der Waals surface area contributed by atoms with E-state index in [-0.39, 0.29) is 12.0 Å². The Morgan fingerprint density at radius 3 is 2.29 bits per heavy atom. The van der Waals surface area contributed by atoms with Crippen molar-refractivity contribution >= 4 is 5.96 Å². The number of aliphatic hydroxyl groups excluding tert-OH is 1. The van der Waals surface area contributed by atoms with Crippen molar-refractivity contribution in [3.63, 3.8) is 0 Å². The van der Waals surface area contributed by atoms with Crippen molar-refractivity contribution in [1.82, 2.24) is 15.5 Å². The number of nitrogens with zero attached hydrogens (tertiary/aromatic N) is 2. The third-order valence-electron chi connectivity index (χ3n) is 5.17. The van der Waals surface area contributed by atoms with Crippen LogP contribution in [-0.2, 0) is 0 Å². The molecule has 0 atom stereocenters. The van der Waals surface area contributed by atoms with E-state index in [4.69, 9.17) is 4.99 Å². The highest BCUT2D eigenvalue weighted by molar-refractivity contribution is 5.79. The first kappa shape index (κ1) is 23.2. The van der Waals surface area contributed by atoms with Gasteiger partial charge in [-0.25, -0.2) is 0 Å². The number of aliphatic hydroxyl groups is 1. The molecule has 0 heterocycles. The van der Waals surface area contributed by atoms with Crippen LogP contribution in [-0.4, -0.2) is 61.8 Å². The highest BCUT2D eigenvalue weighted by Crippen LogP contribution is 2.30. The minimum absolute atomic E-state index is 0.122. The van der Waals surface area contributed by atoms with Gasteiger partial charge in [-0.2, -0.15) is 0 Å². The summed E-state index contributed by atoms with van der Waals surface area (Å²) in [5.41, 5.74) is 0.122. The first-order chi connectivity index (χ1) is 11.4. The SMILES string of the molecule is CCNC(=NCC(CC)(CC)CCO)NCCCCN(C)C(C)C. The van der Waals surface area contributed by atoms with Gasteiger partial charge in [-0.3, -0.25) is 4.99 Å². The van der Waals surface area contributed by atoms with Gasteiger partial charge in [0.25, 0.3) is 0 Å². The van der Waals surface area contributed by atoms with Gasteiger partial charge in [-0.1, -0.05) is 13.8 Å². The van der Waals surface area contributed by atoms with Crippen LogP contribution in [0.15, 0.2) is 4.99 Å². The van der Waals surface area contributed by atoms with E-state index >= 15 is 0 Å². The standard InChI is InChI=1S/C19H42N4O/c1-7-19(8-2,12-15-24)16-22-18(20-9-3)21-13-10-11-14-23(6)17(4)5/h17,24H,7-16H2,1-6H3,(H2,20,21,22). The lowest BCUT2D eigenvalue weighted by molar-refractivity contribution is 0.175. The molecule has 5 nitrogen and oxygen atoms in total. The molecule has 0 saturated heterocycles. The summed E-state index contributed by atoms with van der Waals surface area (Å²) >= 11 is 0. The molecular weight excluding hydrogens is 300 g/mol. The highest BCUT2D eigenvalue weighted by Gasteiger charge is 2.25. The van der Waals surface area contributed by atoms with Crippen molar-refractivity contribution in [3.8, 4) is 0 Å². The Hall–Kier alpha value is -0.810. The van der Waals surface area contributed by atoms with Crippen molar-refractivity contribution in [1.29, 1.82) is 0 Å². The van der Waals surface area contributed by atoms with Crippen LogP contribution in [0.2, 0.25) is 0 Å². The van der Waals surface area contributed by atoms with Gasteiger partial charge >= 0.3 is 0 Å². The van der Waals surface area contributed by atoms with E-state index < -0.39 is 0 Å². The van der Waals surface area contributed by atoms with Crippen LogP contribution in [0.3, 0.4) is 0 Å². The minimum Gasteiger partial charge on any atom is -0.396 e. The quantitative estimate of drug-likeness (QED) is 0.274. The van der Waals surface area contributed by atoms with Crippen LogP contribution in [0.25, 0.3) is 0 Å². The van der Waals surface area contributed by atoms with Gasteiger partial charge in [0.1, 0.15) is 0 Å². The maximum absolute atomic E-state index is 9.33. The number of hydrogen-bond donors (Lipinski definition) is 3. The second kappa shape index (κ2) is 13.5. The Kier molecular flexibility index (Phi) is 13.0. The van der Waals surface area contributed by atoms with Crippen LogP contribution in [0.1, 0.15) is 66.7 Å². The molecule has 0 aromatic heterocycles. The summed E-state index contributed by atoms with van der Waals surface area (Å²) in [5.74, 6) is 0.902. The molecule has 0 aliphatic rings. The third kappa shape index (κ3) is 9.48. The fraction of sp³-hybridized carbons (Fsp3) is 0.947. The molecule has 0 aromatic rings. The molecule has 0 aromatic carbocycles. The molecule has 0 bridgehead atoms. The van der Waals surface area contributed by atoms with Crippen molar-refractivity contribution in [2.45, 2.75) is 72.8 Å². The van der Waals surface area contributed by atoms with Gasteiger partial charge in [0.05, 0.1) is 0 Å². The molecule has 0 spiro atoms. The average Bonchev–Trinajstić information content (AvgIpc) is 2.57. The van der Waals surface area contributed by atoms with E-state index in [1.54, 1.807) is 0 Å². The summed E-state index contributed by atoms with van der Waals surface area (Å²) in [5, 5.41) is 16.1. The molecule has 3 N–H and O–H groups in total. The van der Waals surface area contributed by atoms with Gasteiger partial charge in [0.15, 0.2) is 5.96 Å². The van der Waals surface area contributed by atoms with Crippen molar-refractivity contribution in [2.24, 2.45) is 10.4 Å². The fourth-order valence-corrected chi connectivity index (χ4v) is 2.68. The van der Waals surface area contributed by atoms with Crippen LogP contribution >= 0.6 is 0 Å². The summed E-state index contributed by atoms with van der Waals surface area (Å²) in [6.07, 6.45) is 5.26. The van der Waals surface area contributed by atoms with Crippen LogP contribution < -0.4 is 10.6 Å². The topological polar surface area (TPSA) is 59.9 Å². The smallest absolute Gasteiger partial charge is 0.191 e. The Balaban J connectivity index is 4.37. The maximum Gasteiger partial charge on any atom is 0.191 e. The summed E-state index contributed by atoms with van der Waals surface area (Å²) in [6, 6.07) is 0.611. The van der Waals surface area contributed by atoms with Gasteiger partial charge in [0.2, 0.25) is 0 Å². The molecule has 0 saturated carbocycles. The predicted octanol–water partition coefficient (Wildman–Crippen LogP) is 2.85. The third-order valence-corrected chi connectivity index (χ3v) is 5.17. The van der Waals surface area contributed by atoms with E-state index in [0.717, 1.165) is 57.8 Å². The molecule has 0 amide bonds. The highest BCUT2D eigenvalue weighted by atomic mass is 16.3. The Bertz CT molecular complexity index is 327.